The molecule has 0 radical (unpaired) electrons. The molecule has 0 bridgehead atoms. The van der Waals surface area contributed by atoms with Crippen LogP contribution < -0.4 is 15.5 Å². The lowest BCUT2D eigenvalue weighted by molar-refractivity contribution is -0.115. The predicted octanol–water partition coefficient (Wildman–Crippen LogP) is 2.08. The van der Waals surface area contributed by atoms with E-state index in [1.54, 1.807) is 0 Å². The Morgan fingerprint density at radius 3 is 2.61 bits per heavy atom. The van der Waals surface area contributed by atoms with Crippen LogP contribution in [0.15, 0.2) is 24.3 Å². The topological polar surface area (TPSA) is 44.4 Å². The van der Waals surface area contributed by atoms with Gasteiger partial charge in [0.1, 0.15) is 0 Å². The lowest BCUT2D eigenvalue weighted by atomic mass is 10.2. The molecule has 0 aliphatic heterocycles. The van der Waals surface area contributed by atoms with Gasteiger partial charge in [-0.3, -0.25) is 4.79 Å². The average molecular weight is 249 g/mol. The minimum absolute atomic E-state index is 0.00963. The van der Waals surface area contributed by atoms with Crippen LogP contribution in [-0.2, 0) is 4.79 Å². The molecule has 1 atom stereocenters. The Bertz CT molecular complexity index is 390. The average Bonchev–Trinajstić information content (AvgIpc) is 2.36. The van der Waals surface area contributed by atoms with Crippen LogP contribution in [0.5, 0.6) is 0 Å². The number of benzene rings is 1. The van der Waals surface area contributed by atoms with Crippen LogP contribution in [0.2, 0.25) is 0 Å². The van der Waals surface area contributed by atoms with E-state index in [1.807, 2.05) is 43.3 Å². The van der Waals surface area contributed by atoms with Crippen molar-refractivity contribution in [2.45, 2.75) is 26.3 Å². The largest absolute Gasteiger partial charge is 0.376 e. The Hall–Kier alpha value is -1.55. The first-order chi connectivity index (χ1) is 8.54. The van der Waals surface area contributed by atoms with Crippen LogP contribution in [0.4, 0.5) is 11.4 Å². The summed E-state index contributed by atoms with van der Waals surface area (Å²) in [4.78, 5) is 13.8. The molecule has 100 valence electrons. The second kappa shape index (κ2) is 7.01. The molecule has 0 aromatic heterocycles. The van der Waals surface area contributed by atoms with Gasteiger partial charge in [0.2, 0.25) is 5.91 Å². The molecule has 0 spiro atoms. The Morgan fingerprint density at radius 2 is 2.00 bits per heavy atom. The molecule has 0 saturated carbocycles. The van der Waals surface area contributed by atoms with E-state index in [2.05, 4.69) is 24.5 Å². The fourth-order valence-electron chi connectivity index (χ4n) is 1.57. The van der Waals surface area contributed by atoms with Crippen LogP contribution >= 0.6 is 0 Å². The first kappa shape index (κ1) is 14.5. The molecule has 2 N–H and O–H groups in total. The quantitative estimate of drug-likeness (QED) is 0.811. The fraction of sp³-hybridized carbons (Fsp3) is 0.500. The summed E-state index contributed by atoms with van der Waals surface area (Å²) < 4.78 is 0. The third kappa shape index (κ3) is 4.37. The molecular weight excluding hydrogens is 226 g/mol. The molecular formula is C14H23N3O. The minimum Gasteiger partial charge on any atom is -0.376 e. The molecule has 1 aromatic carbocycles. The number of anilines is 2. The molecule has 0 aliphatic carbocycles. The lowest BCUT2D eigenvalue weighted by Crippen LogP contribution is -2.34. The molecule has 0 saturated heterocycles. The van der Waals surface area contributed by atoms with Gasteiger partial charge in [0.25, 0.3) is 0 Å². The van der Waals surface area contributed by atoms with Crippen molar-refractivity contribution in [2.75, 3.05) is 30.9 Å². The zero-order valence-electron chi connectivity index (χ0n) is 11.7. The summed E-state index contributed by atoms with van der Waals surface area (Å²) in [7, 11) is 3.92. The first-order valence-corrected chi connectivity index (χ1v) is 6.34. The molecule has 4 nitrogen and oxygen atoms in total. The van der Waals surface area contributed by atoms with E-state index in [4.69, 9.17) is 0 Å². The minimum atomic E-state index is -0.00963. The standard InChI is InChI=1S/C14H23N3O/c1-5-11(2)15-10-14(18)16-12-8-6-7-9-13(12)17(3)4/h6-9,11,15H,5,10H2,1-4H3,(H,16,18). The number of hydrogen-bond donors (Lipinski definition) is 2. The molecule has 18 heavy (non-hydrogen) atoms. The van der Waals surface area contributed by atoms with Gasteiger partial charge >= 0.3 is 0 Å². The van der Waals surface area contributed by atoms with Crippen LogP contribution in [-0.4, -0.2) is 32.6 Å². The Morgan fingerprint density at radius 1 is 1.33 bits per heavy atom. The first-order valence-electron chi connectivity index (χ1n) is 6.34. The Kier molecular flexibility index (Phi) is 5.65. The fourth-order valence-corrected chi connectivity index (χ4v) is 1.57. The van der Waals surface area contributed by atoms with Crippen molar-refractivity contribution in [3.8, 4) is 0 Å². The SMILES string of the molecule is CCC(C)NCC(=O)Nc1ccccc1N(C)C. The maximum atomic E-state index is 11.8. The lowest BCUT2D eigenvalue weighted by Gasteiger charge is -2.18. The highest BCUT2D eigenvalue weighted by molar-refractivity contribution is 5.95. The van der Waals surface area contributed by atoms with Gasteiger partial charge in [-0.05, 0) is 25.5 Å². The zero-order valence-corrected chi connectivity index (χ0v) is 11.7. The van der Waals surface area contributed by atoms with Gasteiger partial charge in [0, 0.05) is 20.1 Å². The highest BCUT2D eigenvalue weighted by Crippen LogP contribution is 2.23. The van der Waals surface area contributed by atoms with E-state index in [0.717, 1.165) is 17.8 Å². The Labute approximate surface area is 109 Å². The van der Waals surface area contributed by atoms with E-state index >= 15 is 0 Å². The van der Waals surface area contributed by atoms with E-state index in [1.165, 1.54) is 0 Å². The zero-order chi connectivity index (χ0) is 13.5. The highest BCUT2D eigenvalue weighted by Gasteiger charge is 2.08. The van der Waals surface area contributed by atoms with E-state index in [0.29, 0.717) is 12.6 Å². The summed E-state index contributed by atoms with van der Waals surface area (Å²) >= 11 is 0. The smallest absolute Gasteiger partial charge is 0.238 e. The summed E-state index contributed by atoms with van der Waals surface area (Å²) in [5, 5.41) is 6.10. The summed E-state index contributed by atoms with van der Waals surface area (Å²) in [5.74, 6) is -0.00963. The third-order valence-corrected chi connectivity index (χ3v) is 2.88. The van der Waals surface area contributed by atoms with Crippen molar-refractivity contribution in [3.05, 3.63) is 24.3 Å². The number of rotatable bonds is 6. The van der Waals surface area contributed by atoms with Crippen LogP contribution in [0.25, 0.3) is 0 Å². The molecule has 1 aromatic rings. The van der Waals surface area contributed by atoms with Gasteiger partial charge in [-0.25, -0.2) is 0 Å². The molecule has 1 rings (SSSR count). The van der Waals surface area contributed by atoms with E-state index in [-0.39, 0.29) is 5.91 Å². The summed E-state index contributed by atoms with van der Waals surface area (Å²) in [6.07, 6.45) is 1.02. The summed E-state index contributed by atoms with van der Waals surface area (Å²) in [5.41, 5.74) is 1.85. The molecule has 0 aliphatic rings. The van der Waals surface area contributed by atoms with Crippen LogP contribution in [0.1, 0.15) is 20.3 Å². The van der Waals surface area contributed by atoms with Crippen molar-refractivity contribution in [1.82, 2.24) is 5.32 Å². The normalized spacial score (nSPS) is 12.0. The molecule has 1 amide bonds. The van der Waals surface area contributed by atoms with Crippen molar-refractivity contribution in [1.29, 1.82) is 0 Å². The number of hydrogen-bond acceptors (Lipinski definition) is 3. The molecule has 4 heteroatoms. The summed E-state index contributed by atoms with van der Waals surface area (Å²) in [6, 6.07) is 8.14. The van der Waals surface area contributed by atoms with E-state index < -0.39 is 0 Å². The van der Waals surface area contributed by atoms with Gasteiger partial charge in [-0.15, -0.1) is 0 Å². The maximum Gasteiger partial charge on any atom is 0.238 e. The molecule has 0 heterocycles. The number of nitrogens with one attached hydrogen (secondary N) is 2. The second-order valence-electron chi connectivity index (χ2n) is 4.65. The van der Waals surface area contributed by atoms with Gasteiger partial charge in [0.15, 0.2) is 0 Å². The third-order valence-electron chi connectivity index (χ3n) is 2.88. The molecule has 0 fully saturated rings. The van der Waals surface area contributed by atoms with Crippen molar-refractivity contribution < 1.29 is 4.79 Å². The number of carbonyl (C=O) groups excluding carboxylic acids is 1. The van der Waals surface area contributed by atoms with Gasteiger partial charge in [0.05, 0.1) is 17.9 Å². The number of amides is 1. The van der Waals surface area contributed by atoms with E-state index in [9.17, 15) is 4.79 Å². The highest BCUT2D eigenvalue weighted by atomic mass is 16.1. The van der Waals surface area contributed by atoms with Crippen LogP contribution in [0, 0.1) is 0 Å². The monoisotopic (exact) mass is 249 g/mol. The van der Waals surface area contributed by atoms with Crippen molar-refractivity contribution >= 4 is 17.3 Å². The van der Waals surface area contributed by atoms with Crippen molar-refractivity contribution in [3.63, 3.8) is 0 Å². The summed E-state index contributed by atoms with van der Waals surface area (Å²) in [6.45, 7) is 4.51. The second-order valence-corrected chi connectivity index (χ2v) is 4.65. The Balaban J connectivity index is 2.59. The van der Waals surface area contributed by atoms with Crippen molar-refractivity contribution in [2.24, 2.45) is 0 Å². The van der Waals surface area contributed by atoms with Gasteiger partial charge in [-0.1, -0.05) is 19.1 Å². The number of para-hydroxylation sites is 2. The van der Waals surface area contributed by atoms with Gasteiger partial charge in [-0.2, -0.15) is 0 Å². The predicted molar refractivity (Wildman–Crippen MR) is 77.2 cm³/mol. The number of carbonyl (C=O) groups is 1. The van der Waals surface area contributed by atoms with Gasteiger partial charge < -0.3 is 15.5 Å². The maximum absolute atomic E-state index is 11.8. The van der Waals surface area contributed by atoms with Crippen LogP contribution in [0.3, 0.4) is 0 Å². The molecule has 1 unspecified atom stereocenters. The number of nitrogens with zero attached hydrogens (tertiary/aromatic N) is 1.